The summed E-state index contributed by atoms with van der Waals surface area (Å²) in [5.74, 6) is 0.870. The summed E-state index contributed by atoms with van der Waals surface area (Å²) < 4.78 is 5.87. The molecule has 2 unspecified atom stereocenters. The normalized spacial score (nSPS) is 43.7. The predicted molar refractivity (Wildman–Crippen MR) is 75.6 cm³/mol. The summed E-state index contributed by atoms with van der Waals surface area (Å²) in [4.78, 5) is 2.64. The molecule has 0 amide bonds. The van der Waals surface area contributed by atoms with Crippen LogP contribution in [0.3, 0.4) is 0 Å². The van der Waals surface area contributed by atoms with Crippen LogP contribution in [0.4, 0.5) is 0 Å². The van der Waals surface area contributed by atoms with Crippen molar-refractivity contribution in [3.8, 4) is 0 Å². The van der Waals surface area contributed by atoms with Gasteiger partial charge >= 0.3 is 0 Å². The van der Waals surface area contributed by atoms with Crippen molar-refractivity contribution >= 4 is 0 Å². The Bertz CT molecular complexity index is 261. The Labute approximate surface area is 112 Å². The minimum absolute atomic E-state index is 0.247. The second-order valence-corrected chi connectivity index (χ2v) is 6.63. The van der Waals surface area contributed by atoms with Gasteiger partial charge in [0.15, 0.2) is 0 Å². The van der Waals surface area contributed by atoms with Crippen molar-refractivity contribution in [3.05, 3.63) is 0 Å². The van der Waals surface area contributed by atoms with Gasteiger partial charge in [0, 0.05) is 25.2 Å². The lowest BCUT2D eigenvalue weighted by molar-refractivity contribution is -0.104. The van der Waals surface area contributed by atoms with E-state index in [0.717, 1.165) is 25.6 Å². The molecule has 1 saturated carbocycles. The molecule has 0 bridgehead atoms. The highest BCUT2D eigenvalue weighted by molar-refractivity contribution is 4.96. The molecule has 18 heavy (non-hydrogen) atoms. The SMILES string of the molecule is CC1CCCC(CN)(N2C[C@@H](C)O[C@@H](C)C2)CC1. The van der Waals surface area contributed by atoms with Crippen molar-refractivity contribution in [2.75, 3.05) is 19.6 Å². The summed E-state index contributed by atoms with van der Waals surface area (Å²) in [6.45, 7) is 9.67. The molecule has 4 atom stereocenters. The fraction of sp³-hybridized carbons (Fsp3) is 1.00. The van der Waals surface area contributed by atoms with Gasteiger partial charge in [0.2, 0.25) is 0 Å². The lowest BCUT2D eigenvalue weighted by Gasteiger charge is -2.48. The summed E-state index contributed by atoms with van der Waals surface area (Å²) in [6, 6.07) is 0. The molecule has 0 radical (unpaired) electrons. The quantitative estimate of drug-likeness (QED) is 0.769. The third-order valence-electron chi connectivity index (χ3n) is 4.91. The van der Waals surface area contributed by atoms with E-state index in [4.69, 9.17) is 10.5 Å². The van der Waals surface area contributed by atoms with Crippen LogP contribution in [-0.4, -0.2) is 42.3 Å². The van der Waals surface area contributed by atoms with Gasteiger partial charge < -0.3 is 10.5 Å². The van der Waals surface area contributed by atoms with Gasteiger partial charge in [-0.2, -0.15) is 0 Å². The van der Waals surface area contributed by atoms with Crippen molar-refractivity contribution in [1.29, 1.82) is 0 Å². The Hall–Kier alpha value is -0.120. The van der Waals surface area contributed by atoms with Crippen LogP contribution in [0, 0.1) is 5.92 Å². The van der Waals surface area contributed by atoms with Crippen molar-refractivity contribution in [2.24, 2.45) is 11.7 Å². The summed E-state index contributed by atoms with van der Waals surface area (Å²) in [5, 5.41) is 0. The first-order valence-corrected chi connectivity index (χ1v) is 7.66. The summed E-state index contributed by atoms with van der Waals surface area (Å²) in [7, 11) is 0. The molecule has 3 nitrogen and oxygen atoms in total. The Balaban J connectivity index is 2.10. The van der Waals surface area contributed by atoms with E-state index in [1.54, 1.807) is 0 Å². The average Bonchev–Trinajstić information content (AvgIpc) is 2.51. The second-order valence-electron chi connectivity index (χ2n) is 6.63. The number of nitrogens with zero attached hydrogens (tertiary/aromatic N) is 1. The van der Waals surface area contributed by atoms with Gasteiger partial charge in [-0.15, -0.1) is 0 Å². The molecule has 106 valence electrons. The zero-order valence-electron chi connectivity index (χ0n) is 12.3. The molecular weight excluding hydrogens is 224 g/mol. The zero-order chi connectivity index (χ0) is 13.2. The van der Waals surface area contributed by atoms with E-state index in [2.05, 4.69) is 25.7 Å². The fourth-order valence-corrected chi connectivity index (χ4v) is 3.78. The van der Waals surface area contributed by atoms with E-state index in [9.17, 15) is 0 Å². The van der Waals surface area contributed by atoms with E-state index in [-0.39, 0.29) is 5.54 Å². The van der Waals surface area contributed by atoms with E-state index in [1.807, 2.05) is 0 Å². The van der Waals surface area contributed by atoms with Gasteiger partial charge in [-0.05, 0) is 39.0 Å². The molecule has 1 heterocycles. The number of hydrogen-bond acceptors (Lipinski definition) is 3. The van der Waals surface area contributed by atoms with Gasteiger partial charge in [0.05, 0.1) is 12.2 Å². The molecule has 1 saturated heterocycles. The Morgan fingerprint density at radius 1 is 1.11 bits per heavy atom. The average molecular weight is 254 g/mol. The minimum Gasteiger partial charge on any atom is -0.373 e. The summed E-state index contributed by atoms with van der Waals surface area (Å²) in [6.07, 6.45) is 7.26. The van der Waals surface area contributed by atoms with Crippen LogP contribution in [-0.2, 0) is 4.74 Å². The van der Waals surface area contributed by atoms with Gasteiger partial charge in [-0.3, -0.25) is 4.90 Å². The lowest BCUT2D eigenvalue weighted by Crippen LogP contribution is -2.60. The predicted octanol–water partition coefficient (Wildman–Crippen LogP) is 2.39. The van der Waals surface area contributed by atoms with Crippen LogP contribution >= 0.6 is 0 Å². The molecule has 3 heteroatoms. The molecule has 2 fully saturated rings. The van der Waals surface area contributed by atoms with Gasteiger partial charge in [0.25, 0.3) is 0 Å². The van der Waals surface area contributed by atoms with Crippen LogP contribution < -0.4 is 5.73 Å². The van der Waals surface area contributed by atoms with Crippen molar-refractivity contribution < 1.29 is 4.74 Å². The Morgan fingerprint density at radius 2 is 1.78 bits per heavy atom. The first-order chi connectivity index (χ1) is 8.55. The highest BCUT2D eigenvalue weighted by Crippen LogP contribution is 2.35. The smallest absolute Gasteiger partial charge is 0.0678 e. The van der Waals surface area contributed by atoms with Crippen LogP contribution in [0.15, 0.2) is 0 Å². The lowest BCUT2D eigenvalue weighted by atomic mass is 9.86. The Kier molecular flexibility index (Phi) is 4.68. The monoisotopic (exact) mass is 254 g/mol. The largest absolute Gasteiger partial charge is 0.373 e. The molecule has 0 aromatic heterocycles. The molecule has 2 rings (SSSR count). The molecule has 2 N–H and O–H groups in total. The minimum atomic E-state index is 0.247. The van der Waals surface area contributed by atoms with E-state index < -0.39 is 0 Å². The zero-order valence-corrected chi connectivity index (χ0v) is 12.3. The van der Waals surface area contributed by atoms with Crippen molar-refractivity contribution in [3.63, 3.8) is 0 Å². The van der Waals surface area contributed by atoms with Crippen LogP contribution in [0.5, 0.6) is 0 Å². The van der Waals surface area contributed by atoms with Crippen molar-refractivity contribution in [2.45, 2.75) is 70.6 Å². The molecule has 0 aromatic carbocycles. The van der Waals surface area contributed by atoms with Crippen LogP contribution in [0.25, 0.3) is 0 Å². The summed E-state index contributed by atoms with van der Waals surface area (Å²) in [5.41, 5.74) is 6.44. The summed E-state index contributed by atoms with van der Waals surface area (Å²) >= 11 is 0. The highest BCUT2D eigenvalue weighted by Gasteiger charge is 2.40. The highest BCUT2D eigenvalue weighted by atomic mass is 16.5. The number of nitrogens with two attached hydrogens (primary N) is 1. The Morgan fingerprint density at radius 3 is 2.39 bits per heavy atom. The maximum atomic E-state index is 6.19. The van der Waals surface area contributed by atoms with E-state index in [1.165, 1.54) is 32.1 Å². The number of morpholine rings is 1. The molecule has 0 spiro atoms. The van der Waals surface area contributed by atoms with Gasteiger partial charge in [-0.1, -0.05) is 19.8 Å². The van der Waals surface area contributed by atoms with E-state index in [0.29, 0.717) is 12.2 Å². The maximum absolute atomic E-state index is 6.19. The first-order valence-electron chi connectivity index (χ1n) is 7.66. The maximum Gasteiger partial charge on any atom is 0.0678 e. The number of hydrogen-bond donors (Lipinski definition) is 1. The first kappa shape index (κ1) is 14.3. The van der Waals surface area contributed by atoms with E-state index >= 15 is 0 Å². The molecular formula is C15H30N2O. The number of rotatable bonds is 2. The molecule has 2 aliphatic rings. The second kappa shape index (κ2) is 5.89. The van der Waals surface area contributed by atoms with Crippen LogP contribution in [0.1, 0.15) is 52.9 Å². The fourth-order valence-electron chi connectivity index (χ4n) is 3.78. The molecule has 1 aliphatic heterocycles. The van der Waals surface area contributed by atoms with Crippen molar-refractivity contribution in [1.82, 2.24) is 4.90 Å². The van der Waals surface area contributed by atoms with Gasteiger partial charge in [-0.25, -0.2) is 0 Å². The van der Waals surface area contributed by atoms with Gasteiger partial charge in [0.1, 0.15) is 0 Å². The third-order valence-corrected chi connectivity index (χ3v) is 4.91. The molecule has 1 aliphatic carbocycles. The standard InChI is InChI=1S/C15H30N2O/c1-12-5-4-7-15(11-16,8-6-12)17-9-13(2)18-14(3)10-17/h12-14H,4-11,16H2,1-3H3/t12?,13-,14+,15?. The van der Waals surface area contributed by atoms with Crippen LogP contribution in [0.2, 0.25) is 0 Å². The molecule has 0 aromatic rings. The topological polar surface area (TPSA) is 38.5 Å². The third kappa shape index (κ3) is 3.06. The number of ether oxygens (including phenoxy) is 1.